The maximum atomic E-state index is 11.2. The summed E-state index contributed by atoms with van der Waals surface area (Å²) in [5.41, 5.74) is 1.13. The number of hydrogen-bond acceptors (Lipinski definition) is 3. The van der Waals surface area contributed by atoms with Gasteiger partial charge in [0, 0.05) is 25.5 Å². The largest absolute Gasteiger partial charge is 0.355 e. The van der Waals surface area contributed by atoms with Crippen molar-refractivity contribution >= 4 is 5.91 Å². The molecule has 0 fully saturated rings. The van der Waals surface area contributed by atoms with E-state index < -0.39 is 0 Å². The molecule has 4 nitrogen and oxygen atoms in total. The van der Waals surface area contributed by atoms with Gasteiger partial charge < -0.3 is 10.6 Å². The molecule has 0 saturated heterocycles. The van der Waals surface area contributed by atoms with E-state index in [4.69, 9.17) is 0 Å². The fourth-order valence-corrected chi connectivity index (χ4v) is 1.15. The van der Waals surface area contributed by atoms with E-state index in [1.165, 1.54) is 0 Å². The first-order valence-corrected chi connectivity index (χ1v) is 5.19. The van der Waals surface area contributed by atoms with E-state index in [1.54, 1.807) is 12.4 Å². The second kappa shape index (κ2) is 6.95. The molecule has 0 radical (unpaired) electrons. The fourth-order valence-electron chi connectivity index (χ4n) is 1.15. The summed E-state index contributed by atoms with van der Waals surface area (Å²) in [6.45, 7) is 3.84. The zero-order chi connectivity index (χ0) is 10.9. The number of carbonyl (C=O) groups is 1. The summed E-state index contributed by atoms with van der Waals surface area (Å²) in [6, 6.07) is 3.86. The van der Waals surface area contributed by atoms with Crippen molar-refractivity contribution < 1.29 is 4.79 Å². The van der Waals surface area contributed by atoms with Gasteiger partial charge in [0.1, 0.15) is 0 Å². The van der Waals surface area contributed by atoms with Gasteiger partial charge in [-0.2, -0.15) is 0 Å². The highest BCUT2D eigenvalue weighted by Gasteiger charge is 1.98. The molecule has 4 heteroatoms. The maximum Gasteiger partial charge on any atom is 0.233 e. The first-order valence-electron chi connectivity index (χ1n) is 5.19. The van der Waals surface area contributed by atoms with E-state index in [0.717, 1.165) is 18.5 Å². The summed E-state index contributed by atoms with van der Waals surface area (Å²) in [5, 5.41) is 5.88. The van der Waals surface area contributed by atoms with Gasteiger partial charge in [-0.15, -0.1) is 0 Å². The van der Waals surface area contributed by atoms with Crippen LogP contribution in [0.4, 0.5) is 0 Å². The van der Waals surface area contributed by atoms with Crippen LogP contribution >= 0.6 is 0 Å². The van der Waals surface area contributed by atoms with Gasteiger partial charge in [0.05, 0.1) is 6.54 Å². The van der Waals surface area contributed by atoms with Crippen molar-refractivity contribution in [1.82, 2.24) is 15.6 Å². The third-order valence-electron chi connectivity index (χ3n) is 1.94. The fraction of sp³-hybridized carbons (Fsp3) is 0.455. The molecule has 82 valence electrons. The zero-order valence-corrected chi connectivity index (χ0v) is 8.99. The first kappa shape index (κ1) is 11.7. The first-order chi connectivity index (χ1) is 7.33. The summed E-state index contributed by atoms with van der Waals surface area (Å²) < 4.78 is 0. The molecule has 1 rings (SSSR count). The lowest BCUT2D eigenvalue weighted by molar-refractivity contribution is -0.120. The number of rotatable bonds is 6. The van der Waals surface area contributed by atoms with Crippen molar-refractivity contribution in [3.05, 3.63) is 30.1 Å². The van der Waals surface area contributed by atoms with Gasteiger partial charge in [0.2, 0.25) is 5.91 Å². The third kappa shape index (κ3) is 5.12. The molecule has 0 aliphatic heterocycles. The van der Waals surface area contributed by atoms with Crippen LogP contribution in [0.15, 0.2) is 24.5 Å². The Hall–Kier alpha value is -1.42. The minimum Gasteiger partial charge on any atom is -0.355 e. The van der Waals surface area contributed by atoms with Crippen molar-refractivity contribution in [3.63, 3.8) is 0 Å². The number of pyridine rings is 1. The molecule has 0 bridgehead atoms. The smallest absolute Gasteiger partial charge is 0.233 e. The summed E-state index contributed by atoms with van der Waals surface area (Å²) in [6.07, 6.45) is 4.46. The van der Waals surface area contributed by atoms with Crippen LogP contribution in [0.5, 0.6) is 0 Å². The van der Waals surface area contributed by atoms with E-state index in [0.29, 0.717) is 13.1 Å². The Morgan fingerprint density at radius 3 is 2.80 bits per heavy atom. The van der Waals surface area contributed by atoms with E-state index in [1.807, 2.05) is 19.1 Å². The molecule has 0 spiro atoms. The number of aromatic nitrogens is 1. The zero-order valence-electron chi connectivity index (χ0n) is 8.99. The average Bonchev–Trinajstić information content (AvgIpc) is 2.28. The van der Waals surface area contributed by atoms with Crippen molar-refractivity contribution in [2.75, 3.05) is 13.1 Å². The van der Waals surface area contributed by atoms with E-state index in [9.17, 15) is 4.79 Å². The van der Waals surface area contributed by atoms with Crippen LogP contribution in [0.1, 0.15) is 18.9 Å². The Morgan fingerprint density at radius 1 is 1.40 bits per heavy atom. The quantitative estimate of drug-likeness (QED) is 0.722. The molecule has 15 heavy (non-hydrogen) atoms. The SMILES string of the molecule is CCCNC(=O)CNCc1ccncc1. The normalized spacial score (nSPS) is 9.93. The van der Waals surface area contributed by atoms with E-state index in [-0.39, 0.29) is 5.91 Å². The van der Waals surface area contributed by atoms with Gasteiger partial charge in [0.15, 0.2) is 0 Å². The highest BCUT2D eigenvalue weighted by Crippen LogP contribution is 1.93. The molecule has 0 saturated carbocycles. The van der Waals surface area contributed by atoms with Crippen molar-refractivity contribution in [3.8, 4) is 0 Å². The molecule has 0 aliphatic carbocycles. The average molecular weight is 207 g/mol. The monoisotopic (exact) mass is 207 g/mol. The second-order valence-corrected chi connectivity index (χ2v) is 3.31. The van der Waals surface area contributed by atoms with Gasteiger partial charge in [-0.3, -0.25) is 9.78 Å². The topological polar surface area (TPSA) is 54.0 Å². The van der Waals surface area contributed by atoms with Crippen LogP contribution in [0, 0.1) is 0 Å². The second-order valence-electron chi connectivity index (χ2n) is 3.31. The lowest BCUT2D eigenvalue weighted by Gasteiger charge is -2.05. The molecule has 1 aromatic heterocycles. The molecule has 0 atom stereocenters. The van der Waals surface area contributed by atoms with Crippen LogP contribution in [-0.4, -0.2) is 24.0 Å². The Morgan fingerprint density at radius 2 is 2.13 bits per heavy atom. The summed E-state index contributed by atoms with van der Waals surface area (Å²) >= 11 is 0. The van der Waals surface area contributed by atoms with Gasteiger partial charge in [-0.05, 0) is 24.1 Å². The summed E-state index contributed by atoms with van der Waals surface area (Å²) in [7, 11) is 0. The minimum absolute atomic E-state index is 0.0471. The summed E-state index contributed by atoms with van der Waals surface area (Å²) in [4.78, 5) is 15.1. The molecule has 2 N–H and O–H groups in total. The molecular formula is C11H17N3O. The maximum absolute atomic E-state index is 11.2. The van der Waals surface area contributed by atoms with Crippen LogP contribution in [0.2, 0.25) is 0 Å². The Balaban J connectivity index is 2.14. The number of hydrogen-bond donors (Lipinski definition) is 2. The predicted octanol–water partition coefficient (Wildman–Crippen LogP) is 0.697. The van der Waals surface area contributed by atoms with Crippen molar-refractivity contribution in [2.24, 2.45) is 0 Å². The van der Waals surface area contributed by atoms with Gasteiger partial charge in [-0.25, -0.2) is 0 Å². The third-order valence-corrected chi connectivity index (χ3v) is 1.94. The molecule has 0 aromatic carbocycles. The molecule has 0 aliphatic rings. The number of nitrogens with zero attached hydrogens (tertiary/aromatic N) is 1. The molecule has 1 aromatic rings. The number of carbonyl (C=O) groups excluding carboxylic acids is 1. The van der Waals surface area contributed by atoms with Crippen LogP contribution < -0.4 is 10.6 Å². The number of nitrogens with one attached hydrogen (secondary N) is 2. The van der Waals surface area contributed by atoms with Crippen molar-refractivity contribution in [2.45, 2.75) is 19.9 Å². The van der Waals surface area contributed by atoms with Gasteiger partial charge in [-0.1, -0.05) is 6.92 Å². The van der Waals surface area contributed by atoms with Gasteiger partial charge in [0.25, 0.3) is 0 Å². The molecular weight excluding hydrogens is 190 g/mol. The van der Waals surface area contributed by atoms with Crippen LogP contribution in [0.25, 0.3) is 0 Å². The lowest BCUT2D eigenvalue weighted by Crippen LogP contribution is -2.33. The Kier molecular flexibility index (Phi) is 5.40. The minimum atomic E-state index is 0.0471. The standard InChI is InChI=1S/C11H17N3O/c1-2-5-14-11(15)9-13-8-10-3-6-12-7-4-10/h3-4,6-7,13H,2,5,8-9H2,1H3,(H,14,15). The number of amides is 1. The van der Waals surface area contributed by atoms with E-state index >= 15 is 0 Å². The Labute approximate surface area is 90.1 Å². The van der Waals surface area contributed by atoms with Gasteiger partial charge >= 0.3 is 0 Å². The Bertz CT molecular complexity index is 287. The highest BCUT2D eigenvalue weighted by molar-refractivity contribution is 5.77. The summed E-state index contributed by atoms with van der Waals surface area (Å²) in [5.74, 6) is 0.0471. The lowest BCUT2D eigenvalue weighted by atomic mass is 10.3. The highest BCUT2D eigenvalue weighted by atomic mass is 16.1. The molecule has 1 amide bonds. The van der Waals surface area contributed by atoms with Crippen LogP contribution in [-0.2, 0) is 11.3 Å². The predicted molar refractivity (Wildman–Crippen MR) is 59.2 cm³/mol. The van der Waals surface area contributed by atoms with E-state index in [2.05, 4.69) is 15.6 Å². The van der Waals surface area contributed by atoms with Crippen molar-refractivity contribution in [1.29, 1.82) is 0 Å². The van der Waals surface area contributed by atoms with Crippen LogP contribution in [0.3, 0.4) is 0 Å². The molecule has 0 unspecified atom stereocenters. The molecule has 1 heterocycles.